The number of hydrogen-bond acceptors (Lipinski definition) is 6. The van der Waals surface area contributed by atoms with Crippen LogP contribution in [0.1, 0.15) is 37.0 Å². The molecule has 0 aliphatic carbocycles. The molecule has 0 spiro atoms. The van der Waals surface area contributed by atoms with Gasteiger partial charge in [-0.1, -0.05) is 42.3 Å². The van der Waals surface area contributed by atoms with Crippen LogP contribution in [-0.4, -0.2) is 58.5 Å². The van der Waals surface area contributed by atoms with E-state index in [2.05, 4.69) is 5.32 Å². The van der Waals surface area contributed by atoms with Crippen LogP contribution in [0.4, 0.5) is 5.69 Å². The third kappa shape index (κ3) is 8.13. The molecule has 0 aliphatic rings. The van der Waals surface area contributed by atoms with Crippen molar-refractivity contribution < 1.29 is 27.5 Å². The van der Waals surface area contributed by atoms with E-state index in [0.29, 0.717) is 40.0 Å². The number of anilines is 1. The highest BCUT2D eigenvalue weighted by Crippen LogP contribution is 2.33. The van der Waals surface area contributed by atoms with Crippen molar-refractivity contribution in [1.29, 1.82) is 0 Å². The lowest BCUT2D eigenvalue weighted by Gasteiger charge is -2.32. The van der Waals surface area contributed by atoms with Crippen molar-refractivity contribution in [2.24, 2.45) is 0 Å². The molecule has 0 saturated carbocycles. The number of benzene rings is 3. The highest BCUT2D eigenvalue weighted by atomic mass is 35.5. The van der Waals surface area contributed by atoms with Crippen molar-refractivity contribution in [2.45, 2.75) is 51.6 Å². The van der Waals surface area contributed by atoms with Crippen LogP contribution in [0.3, 0.4) is 0 Å². The largest absolute Gasteiger partial charge is 0.493 e. The van der Waals surface area contributed by atoms with E-state index in [9.17, 15) is 18.0 Å². The van der Waals surface area contributed by atoms with Crippen molar-refractivity contribution in [3.63, 3.8) is 0 Å². The van der Waals surface area contributed by atoms with Crippen LogP contribution in [0.5, 0.6) is 11.5 Å². The van der Waals surface area contributed by atoms with Crippen molar-refractivity contribution in [1.82, 2.24) is 10.2 Å². The molecule has 0 heterocycles. The molecule has 3 aromatic carbocycles. The van der Waals surface area contributed by atoms with E-state index >= 15 is 0 Å². The van der Waals surface area contributed by atoms with Crippen molar-refractivity contribution in [3.05, 3.63) is 81.3 Å². The molecular weight excluding hydrogens is 613 g/mol. The normalized spacial score (nSPS) is 11.9. The Morgan fingerprint density at radius 2 is 1.53 bits per heavy atom. The maximum absolute atomic E-state index is 14.2. The number of carbonyl (C=O) groups is 2. The first-order valence-electron chi connectivity index (χ1n) is 13.7. The molecule has 3 aromatic rings. The summed E-state index contributed by atoms with van der Waals surface area (Å²) in [7, 11) is -1.47. The van der Waals surface area contributed by atoms with E-state index in [1.54, 1.807) is 37.3 Å². The van der Waals surface area contributed by atoms with Crippen molar-refractivity contribution >= 4 is 50.7 Å². The predicted molar refractivity (Wildman–Crippen MR) is 170 cm³/mol. The van der Waals surface area contributed by atoms with Crippen LogP contribution in [0, 0.1) is 13.8 Å². The molecule has 0 bridgehead atoms. The van der Waals surface area contributed by atoms with Gasteiger partial charge in [0.25, 0.3) is 10.0 Å². The SMILES string of the molecule is CCCNC(=O)C(C)N(Cc1c(Cl)cccc1Cl)C(=O)CN(c1cc(C)cc(C)c1)S(=O)(=O)c1ccc(OC)c(OC)c1. The average Bonchev–Trinajstić information content (AvgIpc) is 2.96. The van der Waals surface area contributed by atoms with Gasteiger partial charge in [-0.2, -0.15) is 0 Å². The van der Waals surface area contributed by atoms with E-state index in [1.165, 1.54) is 37.3 Å². The van der Waals surface area contributed by atoms with Crippen LogP contribution < -0.4 is 19.1 Å². The highest BCUT2D eigenvalue weighted by Gasteiger charge is 2.33. The molecule has 12 heteroatoms. The molecule has 1 unspecified atom stereocenters. The van der Waals surface area contributed by atoms with Gasteiger partial charge >= 0.3 is 0 Å². The van der Waals surface area contributed by atoms with E-state index in [0.717, 1.165) is 15.4 Å². The summed E-state index contributed by atoms with van der Waals surface area (Å²) in [4.78, 5) is 28.4. The zero-order valence-electron chi connectivity index (χ0n) is 25.1. The van der Waals surface area contributed by atoms with Gasteiger partial charge in [0.05, 0.1) is 24.8 Å². The molecule has 232 valence electrons. The first kappa shape index (κ1) is 34.0. The predicted octanol–water partition coefficient (Wildman–Crippen LogP) is 5.77. The molecule has 9 nitrogen and oxygen atoms in total. The minimum absolute atomic E-state index is 0.105. The number of nitrogens with zero attached hydrogens (tertiary/aromatic N) is 2. The summed E-state index contributed by atoms with van der Waals surface area (Å²) in [6.45, 7) is 6.87. The van der Waals surface area contributed by atoms with Gasteiger partial charge in [-0.05, 0) is 74.7 Å². The maximum atomic E-state index is 14.2. The fourth-order valence-electron chi connectivity index (χ4n) is 4.56. The summed E-state index contributed by atoms with van der Waals surface area (Å²) in [6, 6.07) is 13.5. The minimum atomic E-state index is -4.33. The number of methoxy groups -OCH3 is 2. The zero-order chi connectivity index (χ0) is 31.9. The third-order valence-electron chi connectivity index (χ3n) is 6.82. The molecule has 2 amide bonds. The summed E-state index contributed by atoms with van der Waals surface area (Å²) in [6.07, 6.45) is 0.701. The quantitative estimate of drug-likeness (QED) is 0.252. The molecule has 0 aliphatic heterocycles. The first-order chi connectivity index (χ1) is 20.3. The third-order valence-corrected chi connectivity index (χ3v) is 9.30. The molecule has 0 saturated heterocycles. The second-order valence-electron chi connectivity index (χ2n) is 10.1. The lowest BCUT2D eigenvalue weighted by atomic mass is 10.1. The van der Waals surface area contributed by atoms with Gasteiger partial charge in [0.1, 0.15) is 12.6 Å². The Bertz CT molecular complexity index is 1540. The number of amides is 2. The van der Waals surface area contributed by atoms with E-state index < -0.39 is 28.5 Å². The monoisotopic (exact) mass is 649 g/mol. The summed E-state index contributed by atoms with van der Waals surface area (Å²) in [5, 5.41) is 3.44. The summed E-state index contributed by atoms with van der Waals surface area (Å²) < 4.78 is 40.1. The number of aryl methyl sites for hydroxylation is 2. The summed E-state index contributed by atoms with van der Waals surface area (Å²) in [5.74, 6) is -0.450. The smallest absolute Gasteiger partial charge is 0.264 e. The second-order valence-corrected chi connectivity index (χ2v) is 12.7. The Labute approximate surface area is 263 Å². The second kappa shape index (κ2) is 14.8. The molecule has 1 atom stereocenters. The van der Waals surface area contributed by atoms with Crippen LogP contribution in [-0.2, 0) is 26.2 Å². The topological polar surface area (TPSA) is 105 Å². The summed E-state index contributed by atoms with van der Waals surface area (Å²) >= 11 is 12.9. The Kier molecular flexibility index (Phi) is 11.7. The maximum Gasteiger partial charge on any atom is 0.264 e. The fraction of sp³-hybridized carbons (Fsp3) is 0.355. The van der Waals surface area contributed by atoms with Gasteiger partial charge in [-0.15, -0.1) is 0 Å². The Hall–Kier alpha value is -3.47. The molecule has 0 radical (unpaired) electrons. The Morgan fingerprint density at radius 1 is 0.930 bits per heavy atom. The van der Waals surface area contributed by atoms with Gasteiger partial charge in [0.15, 0.2) is 11.5 Å². The number of sulfonamides is 1. The van der Waals surface area contributed by atoms with E-state index in [-0.39, 0.29) is 23.1 Å². The van der Waals surface area contributed by atoms with Gasteiger partial charge < -0.3 is 19.7 Å². The van der Waals surface area contributed by atoms with E-state index in [1.807, 2.05) is 26.8 Å². The van der Waals surface area contributed by atoms with Crippen LogP contribution in [0.25, 0.3) is 0 Å². The standard InChI is InChI=1S/C31H37Cl2N3O6S/c1-7-13-34-31(38)22(4)35(18-25-26(32)9-8-10-27(25)33)30(37)19-36(23-15-20(2)14-21(3)16-23)43(39,40)24-11-12-28(41-5)29(17-24)42-6/h8-12,14-17,22H,7,13,18-19H2,1-6H3,(H,34,38). The lowest BCUT2D eigenvalue weighted by Crippen LogP contribution is -2.51. The fourth-order valence-corrected chi connectivity index (χ4v) is 6.49. The Balaban J connectivity index is 2.13. The minimum Gasteiger partial charge on any atom is -0.493 e. The average molecular weight is 651 g/mol. The number of halogens is 2. The molecule has 1 N–H and O–H groups in total. The van der Waals surface area contributed by atoms with Gasteiger partial charge in [-0.3, -0.25) is 13.9 Å². The van der Waals surface area contributed by atoms with Crippen molar-refractivity contribution in [2.75, 3.05) is 31.6 Å². The van der Waals surface area contributed by atoms with E-state index in [4.69, 9.17) is 32.7 Å². The first-order valence-corrected chi connectivity index (χ1v) is 15.9. The zero-order valence-corrected chi connectivity index (χ0v) is 27.4. The number of rotatable bonds is 13. The molecule has 3 rings (SSSR count). The number of hydrogen-bond donors (Lipinski definition) is 1. The van der Waals surface area contributed by atoms with Crippen LogP contribution in [0.2, 0.25) is 10.0 Å². The number of ether oxygens (including phenoxy) is 2. The van der Waals surface area contributed by atoms with Crippen LogP contribution >= 0.6 is 23.2 Å². The number of carbonyl (C=O) groups excluding carboxylic acids is 2. The molecular formula is C31H37Cl2N3O6S. The van der Waals surface area contributed by atoms with Crippen LogP contribution in [0.15, 0.2) is 59.5 Å². The highest BCUT2D eigenvalue weighted by molar-refractivity contribution is 7.92. The summed E-state index contributed by atoms with van der Waals surface area (Å²) in [5.41, 5.74) is 2.35. The van der Waals surface area contributed by atoms with Gasteiger partial charge in [0.2, 0.25) is 11.8 Å². The van der Waals surface area contributed by atoms with Gasteiger partial charge in [-0.25, -0.2) is 8.42 Å². The number of nitrogens with one attached hydrogen (secondary N) is 1. The molecule has 0 aromatic heterocycles. The molecule has 0 fully saturated rings. The van der Waals surface area contributed by atoms with Crippen molar-refractivity contribution in [3.8, 4) is 11.5 Å². The Morgan fingerprint density at radius 3 is 2.09 bits per heavy atom. The lowest BCUT2D eigenvalue weighted by molar-refractivity contribution is -0.139. The molecule has 43 heavy (non-hydrogen) atoms. The van der Waals surface area contributed by atoms with Gasteiger partial charge in [0, 0.05) is 34.8 Å².